The van der Waals surface area contributed by atoms with E-state index in [0.717, 1.165) is 0 Å². The Morgan fingerprint density at radius 2 is 2.13 bits per heavy atom. The number of carbonyl (C=O) groups excluding carboxylic acids is 2. The summed E-state index contributed by atoms with van der Waals surface area (Å²) in [6.07, 6.45) is 2.61. The van der Waals surface area contributed by atoms with Gasteiger partial charge in [-0.15, -0.1) is 6.58 Å². The molecule has 0 heterocycles. The van der Waals surface area contributed by atoms with Crippen molar-refractivity contribution in [3.63, 3.8) is 0 Å². The Balaban J connectivity index is 3.33. The second-order valence-corrected chi connectivity index (χ2v) is 2.83. The zero-order valence-corrected chi connectivity index (χ0v) is 9.04. The van der Waals surface area contributed by atoms with Gasteiger partial charge in [-0.3, -0.25) is 4.79 Å². The quantitative estimate of drug-likeness (QED) is 0.374. The Bertz CT molecular complexity index is 217. The number of urea groups is 1. The van der Waals surface area contributed by atoms with E-state index in [1.54, 1.807) is 6.08 Å². The topological polar surface area (TPSA) is 67.4 Å². The highest BCUT2D eigenvalue weighted by Crippen LogP contribution is 1.92. The third kappa shape index (κ3) is 8.80. The molecule has 0 aliphatic heterocycles. The van der Waals surface area contributed by atoms with Crippen LogP contribution in [-0.2, 0) is 9.53 Å². The number of hydrogen-bond donors (Lipinski definition) is 2. The Hall–Kier alpha value is -1.52. The largest absolute Gasteiger partial charge is 0.464 e. The first kappa shape index (κ1) is 13.5. The Morgan fingerprint density at radius 3 is 2.73 bits per heavy atom. The fourth-order valence-electron chi connectivity index (χ4n) is 0.845. The molecule has 0 rings (SSSR count). The first-order valence-electron chi connectivity index (χ1n) is 4.99. The molecule has 0 aliphatic rings. The van der Waals surface area contributed by atoms with Crippen molar-refractivity contribution in [3.8, 4) is 0 Å². The van der Waals surface area contributed by atoms with Gasteiger partial charge in [-0.05, 0) is 13.3 Å². The first-order valence-corrected chi connectivity index (χ1v) is 4.99. The summed E-state index contributed by atoms with van der Waals surface area (Å²) in [4.78, 5) is 21.9. The van der Waals surface area contributed by atoms with Gasteiger partial charge < -0.3 is 15.4 Å². The molecular weight excluding hydrogens is 196 g/mol. The third-order valence-corrected chi connectivity index (χ3v) is 1.54. The van der Waals surface area contributed by atoms with Crippen molar-refractivity contribution in [1.82, 2.24) is 10.6 Å². The van der Waals surface area contributed by atoms with E-state index in [1.807, 2.05) is 6.92 Å². The van der Waals surface area contributed by atoms with Gasteiger partial charge in [-0.1, -0.05) is 6.08 Å². The van der Waals surface area contributed by atoms with Gasteiger partial charge in [0.2, 0.25) is 0 Å². The van der Waals surface area contributed by atoms with Crippen molar-refractivity contribution in [2.24, 2.45) is 0 Å². The average molecular weight is 214 g/mol. The fraction of sp³-hybridized carbons (Fsp3) is 0.600. The summed E-state index contributed by atoms with van der Waals surface area (Å²) < 4.78 is 4.84. The zero-order valence-electron chi connectivity index (χ0n) is 9.04. The Morgan fingerprint density at radius 1 is 1.40 bits per heavy atom. The predicted molar refractivity (Wildman–Crippen MR) is 57.5 cm³/mol. The van der Waals surface area contributed by atoms with Gasteiger partial charge in [0, 0.05) is 13.0 Å². The first-order chi connectivity index (χ1) is 7.20. The monoisotopic (exact) mass is 214 g/mol. The van der Waals surface area contributed by atoms with Crippen LogP contribution in [0.1, 0.15) is 19.8 Å². The minimum Gasteiger partial charge on any atom is -0.464 e. The smallest absolute Gasteiger partial charge is 0.314 e. The van der Waals surface area contributed by atoms with Gasteiger partial charge in [-0.2, -0.15) is 0 Å². The van der Waals surface area contributed by atoms with Gasteiger partial charge in [0.15, 0.2) is 0 Å². The minimum atomic E-state index is -0.271. The summed E-state index contributed by atoms with van der Waals surface area (Å²) in [6, 6.07) is -0.250. The van der Waals surface area contributed by atoms with Crippen molar-refractivity contribution in [2.45, 2.75) is 19.8 Å². The number of carbonyl (C=O) groups is 2. The number of amides is 2. The van der Waals surface area contributed by atoms with Crippen LogP contribution in [0, 0.1) is 0 Å². The highest BCUT2D eigenvalue weighted by atomic mass is 16.5. The number of ether oxygens (including phenoxy) is 1. The summed E-state index contributed by atoms with van der Waals surface area (Å²) in [6.45, 7) is 6.43. The molecule has 0 saturated heterocycles. The highest BCUT2D eigenvalue weighted by Gasteiger charge is 2.01. The molecule has 0 aromatic carbocycles. The zero-order chi connectivity index (χ0) is 11.5. The molecule has 0 fully saturated rings. The number of esters is 1. The number of rotatable bonds is 7. The van der Waals surface area contributed by atoms with Crippen LogP contribution in [0.3, 0.4) is 0 Å². The maximum absolute atomic E-state index is 11.0. The molecule has 15 heavy (non-hydrogen) atoms. The SMILES string of the molecule is C=CCCC(=O)OCCNC(=O)NCC. The molecular formula is C10H18N2O3. The molecule has 5 heteroatoms. The van der Waals surface area contributed by atoms with E-state index in [9.17, 15) is 9.59 Å². The van der Waals surface area contributed by atoms with Crippen molar-refractivity contribution < 1.29 is 14.3 Å². The number of allylic oxidation sites excluding steroid dienone is 1. The third-order valence-electron chi connectivity index (χ3n) is 1.54. The van der Waals surface area contributed by atoms with E-state index in [0.29, 0.717) is 25.9 Å². The molecule has 0 atom stereocenters. The van der Waals surface area contributed by atoms with E-state index in [2.05, 4.69) is 17.2 Å². The Kier molecular flexibility index (Phi) is 8.13. The van der Waals surface area contributed by atoms with Gasteiger partial charge in [0.05, 0.1) is 6.54 Å². The van der Waals surface area contributed by atoms with E-state index in [1.165, 1.54) is 0 Å². The molecule has 0 aromatic heterocycles. The van der Waals surface area contributed by atoms with Gasteiger partial charge >= 0.3 is 12.0 Å². The lowest BCUT2D eigenvalue weighted by Gasteiger charge is -2.06. The molecule has 5 nitrogen and oxygen atoms in total. The Labute approximate surface area is 89.9 Å². The number of hydrogen-bond acceptors (Lipinski definition) is 3. The van der Waals surface area contributed by atoms with Crippen LogP contribution in [0.15, 0.2) is 12.7 Å². The molecule has 0 unspecified atom stereocenters. The predicted octanol–water partition coefficient (Wildman–Crippen LogP) is 0.815. The van der Waals surface area contributed by atoms with Crippen molar-refractivity contribution in [1.29, 1.82) is 0 Å². The normalized spacial score (nSPS) is 9.13. The molecule has 86 valence electrons. The molecule has 0 spiro atoms. The molecule has 2 N–H and O–H groups in total. The number of nitrogens with one attached hydrogen (secondary N) is 2. The molecule has 0 bridgehead atoms. The highest BCUT2D eigenvalue weighted by molar-refractivity contribution is 5.73. The van der Waals surface area contributed by atoms with Crippen molar-refractivity contribution in [2.75, 3.05) is 19.7 Å². The van der Waals surface area contributed by atoms with Crippen LogP contribution in [0.25, 0.3) is 0 Å². The van der Waals surface area contributed by atoms with E-state index in [4.69, 9.17) is 4.74 Å². The second kappa shape index (κ2) is 9.05. The van der Waals surface area contributed by atoms with Crippen LogP contribution in [-0.4, -0.2) is 31.7 Å². The van der Waals surface area contributed by atoms with Crippen LogP contribution in [0.2, 0.25) is 0 Å². The molecule has 0 radical (unpaired) electrons. The van der Waals surface area contributed by atoms with Gasteiger partial charge in [0.25, 0.3) is 0 Å². The van der Waals surface area contributed by atoms with Crippen LogP contribution in [0.4, 0.5) is 4.79 Å². The van der Waals surface area contributed by atoms with Crippen LogP contribution in [0.5, 0.6) is 0 Å². The van der Waals surface area contributed by atoms with Crippen molar-refractivity contribution in [3.05, 3.63) is 12.7 Å². The standard InChI is InChI=1S/C10H18N2O3/c1-3-5-6-9(13)15-8-7-12-10(14)11-4-2/h3H,1,4-8H2,2H3,(H2,11,12,14). The van der Waals surface area contributed by atoms with Crippen molar-refractivity contribution >= 4 is 12.0 Å². The van der Waals surface area contributed by atoms with Crippen LogP contribution < -0.4 is 10.6 Å². The lowest BCUT2D eigenvalue weighted by atomic mass is 10.3. The summed E-state index contributed by atoms with van der Waals surface area (Å²) in [5, 5.41) is 5.11. The lowest BCUT2D eigenvalue weighted by molar-refractivity contribution is -0.143. The molecule has 2 amide bonds. The maximum Gasteiger partial charge on any atom is 0.314 e. The lowest BCUT2D eigenvalue weighted by Crippen LogP contribution is -2.37. The molecule has 0 aliphatic carbocycles. The fourth-order valence-corrected chi connectivity index (χ4v) is 0.845. The second-order valence-electron chi connectivity index (χ2n) is 2.83. The molecule has 0 saturated carbocycles. The summed E-state index contributed by atoms with van der Waals surface area (Å²) in [7, 11) is 0. The van der Waals surface area contributed by atoms with E-state index >= 15 is 0 Å². The summed E-state index contributed by atoms with van der Waals surface area (Å²) in [5.41, 5.74) is 0. The maximum atomic E-state index is 11.0. The molecule has 0 aromatic rings. The average Bonchev–Trinajstić information content (AvgIpc) is 2.22. The van der Waals surface area contributed by atoms with Gasteiger partial charge in [-0.25, -0.2) is 4.79 Å². The van der Waals surface area contributed by atoms with E-state index in [-0.39, 0.29) is 18.6 Å². The van der Waals surface area contributed by atoms with Crippen LogP contribution >= 0.6 is 0 Å². The van der Waals surface area contributed by atoms with Gasteiger partial charge in [0.1, 0.15) is 6.61 Å². The minimum absolute atomic E-state index is 0.201. The van der Waals surface area contributed by atoms with E-state index < -0.39 is 0 Å². The summed E-state index contributed by atoms with van der Waals surface area (Å²) >= 11 is 0. The summed E-state index contributed by atoms with van der Waals surface area (Å²) in [5.74, 6) is -0.271.